The highest BCUT2D eigenvalue weighted by Gasteiger charge is 2.18. The number of benzene rings is 1. The third-order valence-electron chi connectivity index (χ3n) is 2.99. The summed E-state index contributed by atoms with van der Waals surface area (Å²) in [7, 11) is 0. The first kappa shape index (κ1) is 18.2. The molecule has 0 saturated heterocycles. The first-order valence-corrected chi connectivity index (χ1v) is 7.61. The second kappa shape index (κ2) is 8.59. The number of carbonyl (C=O) groups is 1. The van der Waals surface area contributed by atoms with Gasteiger partial charge in [-0.1, -0.05) is 37.0 Å². The maximum Gasteiger partial charge on any atom is 0.223 e. The molecule has 0 aromatic heterocycles. The van der Waals surface area contributed by atoms with Crippen LogP contribution in [-0.4, -0.2) is 28.8 Å². The Morgan fingerprint density at radius 3 is 2.29 bits per heavy atom. The normalized spacial score (nSPS) is 14.0. The molecule has 3 N–H and O–H groups in total. The first-order chi connectivity index (χ1) is 9.81. The molecule has 6 heteroatoms. The molecule has 1 amide bonds. The minimum atomic E-state index is -0.986. The van der Waals surface area contributed by atoms with Crippen LogP contribution in [0.1, 0.15) is 38.4 Å². The van der Waals surface area contributed by atoms with Gasteiger partial charge in [0.15, 0.2) is 0 Å². The predicted octanol–water partition coefficient (Wildman–Crippen LogP) is 2.94. The number of aliphatic hydroxyl groups excluding tert-OH is 2. The summed E-state index contributed by atoms with van der Waals surface area (Å²) in [6, 6.07) is 4.41. The van der Waals surface area contributed by atoms with Crippen LogP contribution in [0, 0.1) is 5.92 Å². The van der Waals surface area contributed by atoms with Crippen molar-refractivity contribution >= 4 is 29.1 Å². The van der Waals surface area contributed by atoms with Gasteiger partial charge in [-0.25, -0.2) is 0 Å². The molecule has 2 unspecified atom stereocenters. The summed E-state index contributed by atoms with van der Waals surface area (Å²) < 4.78 is 0. The van der Waals surface area contributed by atoms with Gasteiger partial charge in [0.25, 0.3) is 0 Å². The van der Waals surface area contributed by atoms with E-state index in [4.69, 9.17) is 23.2 Å². The van der Waals surface area contributed by atoms with E-state index in [0.717, 1.165) is 0 Å². The zero-order chi connectivity index (χ0) is 16.0. The van der Waals surface area contributed by atoms with E-state index in [0.29, 0.717) is 27.9 Å². The highest BCUT2D eigenvalue weighted by molar-refractivity contribution is 6.34. The molecule has 0 bridgehead atoms. The lowest BCUT2D eigenvalue weighted by atomic mass is 10.0. The molecule has 0 fully saturated rings. The van der Waals surface area contributed by atoms with Crippen molar-refractivity contribution in [1.82, 2.24) is 5.32 Å². The second-order valence-corrected chi connectivity index (χ2v) is 6.37. The fraction of sp³-hybridized carbons (Fsp3) is 0.533. The van der Waals surface area contributed by atoms with Crippen molar-refractivity contribution in [2.24, 2.45) is 5.92 Å². The zero-order valence-electron chi connectivity index (χ0n) is 12.1. The second-order valence-electron chi connectivity index (χ2n) is 5.50. The third kappa shape index (κ3) is 6.66. The van der Waals surface area contributed by atoms with E-state index >= 15 is 0 Å². The lowest BCUT2D eigenvalue weighted by Gasteiger charge is -2.19. The van der Waals surface area contributed by atoms with Gasteiger partial charge in [-0.2, -0.15) is 0 Å². The largest absolute Gasteiger partial charge is 0.394 e. The maximum atomic E-state index is 11.9. The van der Waals surface area contributed by atoms with E-state index < -0.39 is 6.10 Å². The number of aliphatic hydroxyl groups is 2. The smallest absolute Gasteiger partial charge is 0.223 e. The van der Waals surface area contributed by atoms with Crippen molar-refractivity contribution in [3.63, 3.8) is 0 Å². The number of hydrogen-bond acceptors (Lipinski definition) is 3. The van der Waals surface area contributed by atoms with Crippen molar-refractivity contribution in [1.29, 1.82) is 0 Å². The van der Waals surface area contributed by atoms with Crippen molar-refractivity contribution in [2.45, 2.75) is 38.8 Å². The lowest BCUT2D eigenvalue weighted by molar-refractivity contribution is -0.124. The van der Waals surface area contributed by atoms with E-state index in [1.54, 1.807) is 18.2 Å². The Kier molecular flexibility index (Phi) is 7.46. The molecule has 1 aromatic rings. The molecule has 0 saturated carbocycles. The van der Waals surface area contributed by atoms with Crippen LogP contribution < -0.4 is 5.32 Å². The van der Waals surface area contributed by atoms with Crippen molar-refractivity contribution in [2.75, 3.05) is 6.61 Å². The van der Waals surface area contributed by atoms with Crippen molar-refractivity contribution in [3.8, 4) is 0 Å². The van der Waals surface area contributed by atoms with E-state index in [1.807, 2.05) is 13.8 Å². The average Bonchev–Trinajstić information content (AvgIpc) is 2.35. The summed E-state index contributed by atoms with van der Waals surface area (Å²) in [5.74, 6) is 0.0393. The minimum absolute atomic E-state index is 0.106. The van der Waals surface area contributed by atoms with Gasteiger partial charge in [-0.15, -0.1) is 0 Å². The quantitative estimate of drug-likeness (QED) is 0.718. The number of nitrogens with one attached hydrogen (secondary N) is 1. The summed E-state index contributed by atoms with van der Waals surface area (Å²) in [5, 5.41) is 22.8. The molecule has 21 heavy (non-hydrogen) atoms. The van der Waals surface area contributed by atoms with Crippen LogP contribution in [0.3, 0.4) is 0 Å². The third-order valence-corrected chi connectivity index (χ3v) is 3.43. The zero-order valence-corrected chi connectivity index (χ0v) is 13.7. The molecule has 0 heterocycles. The first-order valence-electron chi connectivity index (χ1n) is 6.86. The Morgan fingerprint density at radius 2 is 1.81 bits per heavy atom. The van der Waals surface area contributed by atoms with Crippen LogP contribution >= 0.6 is 23.2 Å². The SMILES string of the molecule is CC(C)CC(CO)NC(=O)CC(O)c1cc(Cl)cc(Cl)c1. The summed E-state index contributed by atoms with van der Waals surface area (Å²) in [5.41, 5.74) is 0.493. The molecule has 0 spiro atoms. The molecule has 118 valence electrons. The van der Waals surface area contributed by atoms with Gasteiger partial charge in [0.05, 0.1) is 25.2 Å². The molecular weight excluding hydrogens is 313 g/mol. The van der Waals surface area contributed by atoms with Crippen LogP contribution in [0.15, 0.2) is 18.2 Å². The Hall–Kier alpha value is -0.810. The van der Waals surface area contributed by atoms with Gasteiger partial charge in [0.1, 0.15) is 0 Å². The number of carbonyl (C=O) groups excluding carboxylic acids is 1. The molecule has 0 aliphatic rings. The fourth-order valence-corrected chi connectivity index (χ4v) is 2.64. The van der Waals surface area contributed by atoms with Crippen molar-refractivity contribution in [3.05, 3.63) is 33.8 Å². The van der Waals surface area contributed by atoms with Crippen LogP contribution in [0.25, 0.3) is 0 Å². The molecule has 0 aliphatic heterocycles. The predicted molar refractivity (Wildman–Crippen MR) is 84.5 cm³/mol. The fourth-order valence-electron chi connectivity index (χ4n) is 2.10. The van der Waals surface area contributed by atoms with Gasteiger partial charge in [0.2, 0.25) is 5.91 Å². The molecule has 0 radical (unpaired) electrons. The van der Waals surface area contributed by atoms with Gasteiger partial charge in [-0.3, -0.25) is 4.79 Å². The van der Waals surface area contributed by atoms with Crippen LogP contribution in [0.2, 0.25) is 10.0 Å². The van der Waals surface area contributed by atoms with E-state index in [1.165, 1.54) is 0 Å². The Bertz CT molecular complexity index is 460. The van der Waals surface area contributed by atoms with Crippen LogP contribution in [-0.2, 0) is 4.79 Å². The van der Waals surface area contributed by atoms with Gasteiger partial charge < -0.3 is 15.5 Å². The van der Waals surface area contributed by atoms with Gasteiger partial charge in [0, 0.05) is 10.0 Å². The average molecular weight is 334 g/mol. The Labute approximate surface area is 135 Å². The molecule has 1 aromatic carbocycles. The van der Waals surface area contributed by atoms with E-state index in [-0.39, 0.29) is 25.0 Å². The molecule has 4 nitrogen and oxygen atoms in total. The summed E-state index contributed by atoms with van der Waals surface area (Å²) >= 11 is 11.7. The van der Waals surface area contributed by atoms with Crippen molar-refractivity contribution < 1.29 is 15.0 Å². The Morgan fingerprint density at radius 1 is 1.24 bits per heavy atom. The minimum Gasteiger partial charge on any atom is -0.394 e. The topological polar surface area (TPSA) is 69.6 Å². The highest BCUT2D eigenvalue weighted by Crippen LogP contribution is 2.25. The maximum absolute atomic E-state index is 11.9. The molecule has 2 atom stereocenters. The number of hydrogen-bond donors (Lipinski definition) is 3. The number of amides is 1. The van der Waals surface area contributed by atoms with Crippen LogP contribution in [0.4, 0.5) is 0 Å². The molecule has 0 aliphatic carbocycles. The van der Waals surface area contributed by atoms with E-state index in [2.05, 4.69) is 5.32 Å². The van der Waals surface area contributed by atoms with Crippen LogP contribution in [0.5, 0.6) is 0 Å². The summed E-state index contributed by atoms with van der Waals surface area (Å²) in [6.45, 7) is 3.90. The lowest BCUT2D eigenvalue weighted by Crippen LogP contribution is -2.39. The van der Waals surface area contributed by atoms with Gasteiger partial charge in [-0.05, 0) is 36.1 Å². The monoisotopic (exact) mass is 333 g/mol. The molecular formula is C15H21Cl2NO3. The summed E-state index contributed by atoms with van der Waals surface area (Å²) in [6.07, 6.45) is -0.411. The van der Waals surface area contributed by atoms with Gasteiger partial charge >= 0.3 is 0 Å². The summed E-state index contributed by atoms with van der Waals surface area (Å²) in [4.78, 5) is 11.9. The number of rotatable bonds is 7. The number of halogens is 2. The standard InChI is InChI=1S/C15H21Cl2NO3/c1-9(2)3-13(8-19)18-15(21)7-14(20)10-4-11(16)6-12(17)5-10/h4-6,9,13-14,19-20H,3,7-8H2,1-2H3,(H,18,21). The van der Waals surface area contributed by atoms with E-state index in [9.17, 15) is 15.0 Å². The Balaban J connectivity index is 2.60. The highest BCUT2D eigenvalue weighted by atomic mass is 35.5. The molecule has 1 rings (SSSR count).